The molecule has 1 aromatic rings. The first-order chi connectivity index (χ1) is 10.3. The average molecular weight is 293 g/mol. The Hall–Kier alpha value is -1.36. The second kappa shape index (κ2) is 11.3. The molecule has 21 heavy (non-hydrogen) atoms. The number of hydrazine groups is 1. The lowest BCUT2D eigenvalue weighted by Crippen LogP contribution is -2.12. The zero-order valence-electron chi connectivity index (χ0n) is 13.6. The molecule has 0 atom stereocenters. The summed E-state index contributed by atoms with van der Waals surface area (Å²) in [5, 5.41) is 3.36. The lowest BCUT2D eigenvalue weighted by Gasteiger charge is -2.09. The Morgan fingerprint density at radius 3 is 2.14 bits per heavy atom. The third kappa shape index (κ3) is 7.85. The molecule has 1 aromatic heterocycles. The van der Waals surface area contributed by atoms with Gasteiger partial charge in [0.05, 0.1) is 0 Å². The molecule has 0 aliphatic heterocycles. The second-order valence-electron chi connectivity index (χ2n) is 5.45. The molecule has 0 aliphatic rings. The quantitative estimate of drug-likeness (QED) is 0.310. The topological polar surface area (TPSA) is 75.9 Å². The first kappa shape index (κ1) is 17.7. The maximum atomic E-state index is 5.42. The Labute approximate surface area is 129 Å². The van der Waals surface area contributed by atoms with Gasteiger partial charge in [0.2, 0.25) is 0 Å². The van der Waals surface area contributed by atoms with E-state index in [4.69, 9.17) is 5.84 Å². The normalized spacial score (nSPS) is 10.6. The number of nitrogens with one attached hydrogen (secondary N) is 2. The van der Waals surface area contributed by atoms with Gasteiger partial charge in [-0.3, -0.25) is 0 Å². The maximum Gasteiger partial charge on any atom is 0.145 e. The van der Waals surface area contributed by atoms with Gasteiger partial charge in [-0.05, 0) is 6.42 Å². The number of nitrogens with zero attached hydrogens (tertiary/aromatic N) is 2. The van der Waals surface area contributed by atoms with E-state index in [1.54, 1.807) is 0 Å². The van der Waals surface area contributed by atoms with Crippen LogP contribution in [-0.4, -0.2) is 16.5 Å². The molecule has 0 bridgehead atoms. The van der Waals surface area contributed by atoms with E-state index in [2.05, 4.69) is 27.6 Å². The van der Waals surface area contributed by atoms with Crippen LogP contribution in [0, 0.1) is 0 Å². The summed E-state index contributed by atoms with van der Waals surface area (Å²) in [4.78, 5) is 8.73. The van der Waals surface area contributed by atoms with Crippen molar-refractivity contribution < 1.29 is 0 Å². The largest absolute Gasteiger partial charge is 0.370 e. The van der Waals surface area contributed by atoms with E-state index in [9.17, 15) is 0 Å². The SMILES string of the molecule is CCCCCCCCCCNc1cc(NN)nc(CC)n1. The van der Waals surface area contributed by atoms with Gasteiger partial charge in [-0.25, -0.2) is 15.8 Å². The van der Waals surface area contributed by atoms with Crippen molar-refractivity contribution in [2.75, 3.05) is 17.3 Å². The number of unbranched alkanes of at least 4 members (excludes halogenated alkanes) is 7. The van der Waals surface area contributed by atoms with Crippen LogP contribution in [-0.2, 0) is 6.42 Å². The van der Waals surface area contributed by atoms with Gasteiger partial charge in [0.15, 0.2) is 0 Å². The molecule has 120 valence electrons. The van der Waals surface area contributed by atoms with Gasteiger partial charge in [-0.15, -0.1) is 0 Å². The molecular formula is C16H31N5. The zero-order chi connectivity index (χ0) is 15.3. The molecule has 5 heteroatoms. The monoisotopic (exact) mass is 293 g/mol. The van der Waals surface area contributed by atoms with Crippen molar-refractivity contribution in [3.63, 3.8) is 0 Å². The predicted octanol–water partition coefficient (Wildman–Crippen LogP) is 3.88. The Kier molecular flexibility index (Phi) is 9.53. The number of nitrogen functional groups attached to an aromatic ring is 1. The molecule has 1 heterocycles. The molecule has 5 nitrogen and oxygen atoms in total. The molecular weight excluding hydrogens is 262 g/mol. The van der Waals surface area contributed by atoms with Crippen molar-refractivity contribution in [2.24, 2.45) is 5.84 Å². The summed E-state index contributed by atoms with van der Waals surface area (Å²) in [5.41, 5.74) is 2.59. The lowest BCUT2D eigenvalue weighted by atomic mass is 10.1. The third-order valence-corrected chi connectivity index (χ3v) is 3.57. The Morgan fingerprint density at radius 2 is 1.52 bits per heavy atom. The van der Waals surface area contributed by atoms with E-state index >= 15 is 0 Å². The lowest BCUT2D eigenvalue weighted by molar-refractivity contribution is 0.581. The van der Waals surface area contributed by atoms with Crippen LogP contribution in [0.5, 0.6) is 0 Å². The summed E-state index contributed by atoms with van der Waals surface area (Å²) >= 11 is 0. The maximum absolute atomic E-state index is 5.42. The molecule has 4 N–H and O–H groups in total. The first-order valence-electron chi connectivity index (χ1n) is 8.38. The molecule has 0 aliphatic carbocycles. The fraction of sp³-hybridized carbons (Fsp3) is 0.750. The van der Waals surface area contributed by atoms with E-state index < -0.39 is 0 Å². The highest BCUT2D eigenvalue weighted by atomic mass is 15.3. The van der Waals surface area contributed by atoms with E-state index in [1.165, 1.54) is 51.4 Å². The third-order valence-electron chi connectivity index (χ3n) is 3.57. The van der Waals surface area contributed by atoms with E-state index in [1.807, 2.05) is 13.0 Å². The van der Waals surface area contributed by atoms with Crippen LogP contribution < -0.4 is 16.6 Å². The Bertz CT molecular complexity index is 359. The van der Waals surface area contributed by atoms with Crippen molar-refractivity contribution in [3.8, 4) is 0 Å². The number of nitrogens with two attached hydrogens (primary N) is 1. The fourth-order valence-corrected chi connectivity index (χ4v) is 2.30. The van der Waals surface area contributed by atoms with Crippen LogP contribution in [0.3, 0.4) is 0 Å². The van der Waals surface area contributed by atoms with Crippen LogP contribution >= 0.6 is 0 Å². The number of rotatable bonds is 12. The molecule has 0 saturated heterocycles. The first-order valence-corrected chi connectivity index (χ1v) is 8.38. The number of aryl methyl sites for hydroxylation is 1. The van der Waals surface area contributed by atoms with Crippen molar-refractivity contribution in [1.82, 2.24) is 9.97 Å². The highest BCUT2D eigenvalue weighted by Gasteiger charge is 2.02. The standard InChI is InChI=1S/C16H31N5/c1-3-5-6-7-8-9-10-11-12-18-15-13-16(21-17)20-14(4-2)19-15/h13H,3-12,17H2,1-2H3,(H2,18,19,20,21). The highest BCUT2D eigenvalue weighted by molar-refractivity contribution is 5.46. The minimum absolute atomic E-state index is 0.667. The summed E-state index contributed by atoms with van der Waals surface area (Å²) in [6, 6.07) is 1.85. The molecule has 0 fully saturated rings. The minimum atomic E-state index is 0.667. The van der Waals surface area contributed by atoms with Gasteiger partial charge < -0.3 is 10.7 Å². The predicted molar refractivity (Wildman–Crippen MR) is 90.3 cm³/mol. The second-order valence-corrected chi connectivity index (χ2v) is 5.45. The molecule has 0 amide bonds. The molecule has 0 unspecified atom stereocenters. The van der Waals surface area contributed by atoms with Gasteiger partial charge in [0, 0.05) is 19.0 Å². The van der Waals surface area contributed by atoms with Gasteiger partial charge in [-0.2, -0.15) is 0 Å². The van der Waals surface area contributed by atoms with Crippen molar-refractivity contribution >= 4 is 11.6 Å². The number of aromatic nitrogens is 2. The van der Waals surface area contributed by atoms with Crippen LogP contribution in [0.4, 0.5) is 11.6 Å². The van der Waals surface area contributed by atoms with Gasteiger partial charge in [0.1, 0.15) is 17.5 Å². The summed E-state index contributed by atoms with van der Waals surface area (Å²) in [6.45, 7) is 5.26. The smallest absolute Gasteiger partial charge is 0.145 e. The van der Waals surface area contributed by atoms with Gasteiger partial charge >= 0.3 is 0 Å². The van der Waals surface area contributed by atoms with Crippen LogP contribution in [0.1, 0.15) is 71.0 Å². The van der Waals surface area contributed by atoms with Gasteiger partial charge in [-0.1, -0.05) is 58.8 Å². The fourth-order valence-electron chi connectivity index (χ4n) is 2.30. The highest BCUT2D eigenvalue weighted by Crippen LogP contribution is 2.12. The molecule has 0 aromatic carbocycles. The summed E-state index contributed by atoms with van der Waals surface area (Å²) in [5.74, 6) is 7.75. The molecule has 1 rings (SSSR count). The molecule has 0 radical (unpaired) electrons. The molecule has 0 saturated carbocycles. The van der Waals surface area contributed by atoms with Crippen molar-refractivity contribution in [1.29, 1.82) is 0 Å². The summed E-state index contributed by atoms with van der Waals surface area (Å²) in [7, 11) is 0. The van der Waals surface area contributed by atoms with E-state index in [0.29, 0.717) is 5.82 Å². The molecule has 0 spiro atoms. The zero-order valence-corrected chi connectivity index (χ0v) is 13.6. The minimum Gasteiger partial charge on any atom is -0.370 e. The van der Waals surface area contributed by atoms with Crippen LogP contribution in [0.25, 0.3) is 0 Å². The Balaban J connectivity index is 2.15. The summed E-state index contributed by atoms with van der Waals surface area (Å²) in [6.07, 6.45) is 11.5. The van der Waals surface area contributed by atoms with Crippen molar-refractivity contribution in [2.45, 2.75) is 71.6 Å². The number of anilines is 2. The van der Waals surface area contributed by atoms with E-state index in [-0.39, 0.29) is 0 Å². The van der Waals surface area contributed by atoms with Crippen molar-refractivity contribution in [3.05, 3.63) is 11.9 Å². The summed E-state index contributed by atoms with van der Waals surface area (Å²) < 4.78 is 0. The van der Waals surface area contributed by atoms with Gasteiger partial charge in [0.25, 0.3) is 0 Å². The number of hydrogen-bond acceptors (Lipinski definition) is 5. The Morgan fingerprint density at radius 1 is 0.905 bits per heavy atom. The van der Waals surface area contributed by atoms with E-state index in [0.717, 1.165) is 24.6 Å². The average Bonchev–Trinajstić information content (AvgIpc) is 2.52. The van der Waals surface area contributed by atoms with Crippen LogP contribution in [0.2, 0.25) is 0 Å². The number of hydrogen-bond donors (Lipinski definition) is 3. The van der Waals surface area contributed by atoms with Crippen LogP contribution in [0.15, 0.2) is 6.07 Å².